The molecule has 5 atom stereocenters. The molecule has 0 saturated carbocycles. The first-order chi connectivity index (χ1) is 13.2. The second-order valence-electron chi connectivity index (χ2n) is 9.03. The molecule has 0 bridgehead atoms. The average Bonchev–Trinajstić information content (AvgIpc) is 3.49. The lowest BCUT2D eigenvalue weighted by atomic mass is 9.82. The maximum absolute atomic E-state index is 12.3. The minimum absolute atomic E-state index is 0.0929. The number of hydrogen-bond acceptors (Lipinski definition) is 6. The van der Waals surface area contributed by atoms with Crippen molar-refractivity contribution in [3.05, 3.63) is 23.3 Å². The number of carbonyl (C=O) groups excluding carboxylic acids is 1. The van der Waals surface area contributed by atoms with Crippen LogP contribution in [-0.4, -0.2) is 55.5 Å². The van der Waals surface area contributed by atoms with Crippen molar-refractivity contribution in [1.82, 2.24) is 0 Å². The number of allylic oxidation sites excluding steroid dienone is 2. The van der Waals surface area contributed by atoms with E-state index >= 15 is 0 Å². The van der Waals surface area contributed by atoms with Crippen molar-refractivity contribution in [2.45, 2.75) is 88.0 Å². The van der Waals surface area contributed by atoms with Gasteiger partial charge in [0.1, 0.15) is 5.60 Å². The van der Waals surface area contributed by atoms with Crippen LogP contribution in [0.5, 0.6) is 0 Å². The first kappa shape index (κ1) is 20.1. The van der Waals surface area contributed by atoms with Crippen LogP contribution in [0, 0.1) is 0 Å². The summed E-state index contributed by atoms with van der Waals surface area (Å²) in [6.07, 6.45) is 9.15. The first-order valence-corrected chi connectivity index (χ1v) is 10.3. The quantitative estimate of drug-likeness (QED) is 0.407. The third kappa shape index (κ3) is 2.96. The SMILES string of the molecule is COC(=O)/C1=C/CC[C@@]2(C)O[C@H]2CC/C(C)=C/[C@]2(OC)OC[C@@]3(C)O[C@@]23CC1. The van der Waals surface area contributed by atoms with E-state index in [1.807, 2.05) is 6.08 Å². The van der Waals surface area contributed by atoms with Gasteiger partial charge in [0.2, 0.25) is 5.79 Å². The van der Waals surface area contributed by atoms with Crippen LogP contribution in [-0.2, 0) is 28.5 Å². The van der Waals surface area contributed by atoms with Gasteiger partial charge in [-0.15, -0.1) is 0 Å². The number of carbonyl (C=O) groups is 1. The van der Waals surface area contributed by atoms with E-state index < -0.39 is 17.0 Å². The van der Waals surface area contributed by atoms with Gasteiger partial charge in [-0.1, -0.05) is 11.6 Å². The molecule has 0 aromatic carbocycles. The molecule has 0 radical (unpaired) electrons. The molecule has 28 heavy (non-hydrogen) atoms. The van der Waals surface area contributed by atoms with Gasteiger partial charge < -0.3 is 23.7 Å². The molecule has 0 unspecified atom stereocenters. The van der Waals surface area contributed by atoms with E-state index in [0.29, 0.717) is 25.0 Å². The highest BCUT2D eigenvalue weighted by Crippen LogP contribution is 2.64. The van der Waals surface area contributed by atoms with Gasteiger partial charge in [0.05, 0.1) is 25.4 Å². The third-order valence-electron chi connectivity index (χ3n) is 7.14. The van der Waals surface area contributed by atoms with Crippen LogP contribution in [0.2, 0.25) is 0 Å². The topological polar surface area (TPSA) is 69.8 Å². The van der Waals surface area contributed by atoms with Gasteiger partial charge in [-0.25, -0.2) is 4.79 Å². The Labute approximate surface area is 167 Å². The zero-order chi connectivity index (χ0) is 20.2. The van der Waals surface area contributed by atoms with E-state index in [0.717, 1.165) is 25.7 Å². The van der Waals surface area contributed by atoms with E-state index in [9.17, 15) is 4.79 Å². The fraction of sp³-hybridized carbons (Fsp3) is 0.773. The van der Waals surface area contributed by atoms with Crippen molar-refractivity contribution in [1.29, 1.82) is 0 Å². The molecule has 3 fully saturated rings. The molecular formula is C22H32O6. The molecule has 6 heteroatoms. The molecule has 4 rings (SSSR count). The fourth-order valence-electron chi connectivity index (χ4n) is 5.13. The van der Waals surface area contributed by atoms with Crippen molar-refractivity contribution in [2.24, 2.45) is 0 Å². The lowest BCUT2D eigenvalue weighted by molar-refractivity contribution is -0.219. The zero-order valence-electron chi connectivity index (χ0n) is 17.6. The van der Waals surface area contributed by atoms with Gasteiger partial charge in [0.25, 0.3) is 0 Å². The van der Waals surface area contributed by atoms with Crippen LogP contribution in [0.25, 0.3) is 0 Å². The lowest BCUT2D eigenvalue weighted by Gasteiger charge is -2.32. The van der Waals surface area contributed by atoms with E-state index in [-0.39, 0.29) is 17.7 Å². The molecular weight excluding hydrogens is 360 g/mol. The molecule has 3 saturated heterocycles. The van der Waals surface area contributed by atoms with Crippen LogP contribution >= 0.6 is 0 Å². The zero-order valence-corrected chi connectivity index (χ0v) is 17.6. The van der Waals surface area contributed by atoms with Gasteiger partial charge in [-0.3, -0.25) is 0 Å². The van der Waals surface area contributed by atoms with Crippen LogP contribution in [0.3, 0.4) is 0 Å². The minimum Gasteiger partial charge on any atom is -0.466 e. The second kappa shape index (κ2) is 6.66. The first-order valence-electron chi connectivity index (χ1n) is 10.3. The van der Waals surface area contributed by atoms with Gasteiger partial charge in [-0.05, 0) is 65.4 Å². The Morgan fingerprint density at radius 3 is 2.68 bits per heavy atom. The Balaban J connectivity index is 1.66. The summed E-state index contributed by atoms with van der Waals surface area (Å²) >= 11 is 0. The molecule has 156 valence electrons. The van der Waals surface area contributed by atoms with Crippen molar-refractivity contribution in [3.63, 3.8) is 0 Å². The molecule has 0 aromatic rings. The molecule has 4 aliphatic rings. The Morgan fingerprint density at radius 2 is 2.00 bits per heavy atom. The van der Waals surface area contributed by atoms with Crippen LogP contribution in [0.1, 0.15) is 59.3 Å². The Hall–Kier alpha value is -1.21. The summed E-state index contributed by atoms with van der Waals surface area (Å²) in [5.74, 6) is -1.21. The van der Waals surface area contributed by atoms with Gasteiger partial charge in [-0.2, -0.15) is 0 Å². The van der Waals surface area contributed by atoms with Gasteiger partial charge in [0, 0.05) is 12.7 Å². The number of fused-ring (bicyclic) bond motifs is 1. The summed E-state index contributed by atoms with van der Waals surface area (Å²) in [6.45, 7) is 6.81. The molecule has 0 N–H and O–H groups in total. The highest BCUT2D eigenvalue weighted by Gasteiger charge is 2.82. The largest absolute Gasteiger partial charge is 0.466 e. The van der Waals surface area contributed by atoms with Crippen LogP contribution in [0.4, 0.5) is 0 Å². The smallest absolute Gasteiger partial charge is 0.333 e. The summed E-state index contributed by atoms with van der Waals surface area (Å²) in [4.78, 5) is 12.3. The van der Waals surface area contributed by atoms with Crippen LogP contribution < -0.4 is 0 Å². The molecule has 3 aliphatic heterocycles. The van der Waals surface area contributed by atoms with E-state index in [1.165, 1.54) is 12.7 Å². The maximum atomic E-state index is 12.3. The van der Waals surface area contributed by atoms with Crippen molar-refractivity contribution >= 4 is 5.97 Å². The van der Waals surface area contributed by atoms with E-state index in [4.69, 9.17) is 23.7 Å². The predicted octanol–water partition coefficient (Wildman–Crippen LogP) is 3.44. The summed E-state index contributed by atoms with van der Waals surface area (Å²) in [5.41, 5.74) is 0.822. The van der Waals surface area contributed by atoms with Crippen molar-refractivity contribution < 1.29 is 28.5 Å². The Bertz CT molecular complexity index is 729. The number of esters is 1. The van der Waals surface area contributed by atoms with E-state index in [1.54, 1.807) is 7.11 Å². The second-order valence-corrected chi connectivity index (χ2v) is 9.03. The summed E-state index contributed by atoms with van der Waals surface area (Å²) < 4.78 is 29.3. The van der Waals surface area contributed by atoms with Crippen LogP contribution in [0.15, 0.2) is 23.3 Å². The van der Waals surface area contributed by atoms with Crippen molar-refractivity contribution in [3.8, 4) is 0 Å². The Morgan fingerprint density at radius 1 is 1.21 bits per heavy atom. The fourth-order valence-corrected chi connectivity index (χ4v) is 5.13. The number of rotatable bonds is 2. The lowest BCUT2D eigenvalue weighted by Crippen LogP contribution is -2.46. The normalized spacial score (nSPS) is 49.2. The molecule has 1 spiro atoms. The number of ether oxygens (including phenoxy) is 5. The molecule has 0 aromatic heterocycles. The number of hydrogen-bond donors (Lipinski definition) is 0. The predicted molar refractivity (Wildman–Crippen MR) is 103 cm³/mol. The van der Waals surface area contributed by atoms with Crippen molar-refractivity contribution in [2.75, 3.05) is 20.8 Å². The highest BCUT2D eigenvalue weighted by atomic mass is 16.8. The number of epoxide rings is 2. The summed E-state index contributed by atoms with van der Waals surface area (Å²) in [5, 5.41) is 0. The maximum Gasteiger partial charge on any atom is 0.333 e. The molecule has 0 amide bonds. The molecule has 6 nitrogen and oxygen atoms in total. The minimum atomic E-state index is -0.926. The average molecular weight is 392 g/mol. The third-order valence-corrected chi connectivity index (χ3v) is 7.14. The Kier molecular flexibility index (Phi) is 4.77. The molecule has 3 heterocycles. The monoisotopic (exact) mass is 392 g/mol. The standard InChI is InChI=1S/C22H32O6/c1-15-8-9-17-19(2,27-17)11-6-7-16(18(23)24-4)10-12-21-20(3,28-21)14-26-22(21,13-15)25-5/h7,13,17H,6,8-12,14H2,1-5H3/b15-13+,16-7+/t17-,19+,20+,21+,22-/m0/s1. The summed E-state index contributed by atoms with van der Waals surface area (Å²) in [7, 11) is 3.09. The highest BCUT2D eigenvalue weighted by molar-refractivity contribution is 5.88. The van der Waals surface area contributed by atoms with Gasteiger partial charge in [0.15, 0.2) is 5.60 Å². The molecule has 1 aliphatic carbocycles. The number of methoxy groups -OCH3 is 2. The van der Waals surface area contributed by atoms with Gasteiger partial charge >= 0.3 is 5.97 Å². The summed E-state index contributed by atoms with van der Waals surface area (Å²) in [6, 6.07) is 0. The van der Waals surface area contributed by atoms with E-state index in [2.05, 4.69) is 26.8 Å².